The molecule has 0 aliphatic rings. The van der Waals surface area contributed by atoms with Gasteiger partial charge in [0.1, 0.15) is 0 Å². The molecule has 0 saturated heterocycles. The van der Waals surface area contributed by atoms with Gasteiger partial charge in [0.2, 0.25) is 0 Å². The van der Waals surface area contributed by atoms with Crippen molar-refractivity contribution in [2.45, 2.75) is 32.6 Å². The quantitative estimate of drug-likeness (QED) is 0.537. The molecule has 2 aromatic rings. The second-order valence-electron chi connectivity index (χ2n) is 5.12. The zero-order valence-electron chi connectivity index (χ0n) is 12.4. The fourth-order valence-corrected chi connectivity index (χ4v) is 2.12. The smallest absolute Gasteiger partial charge is 0.0991 e. The van der Waals surface area contributed by atoms with Gasteiger partial charge in [-0.25, -0.2) is 0 Å². The highest BCUT2D eigenvalue weighted by Gasteiger charge is 1.94. The molecule has 0 unspecified atom stereocenters. The van der Waals surface area contributed by atoms with Crippen molar-refractivity contribution in [1.82, 2.24) is 0 Å². The number of aryl methyl sites for hydroxylation is 1. The fourth-order valence-electron chi connectivity index (χ4n) is 2.12. The van der Waals surface area contributed by atoms with Crippen molar-refractivity contribution in [2.24, 2.45) is 4.99 Å². The van der Waals surface area contributed by atoms with Crippen LogP contribution >= 0.6 is 0 Å². The lowest BCUT2D eigenvalue weighted by atomic mass is 10.1. The maximum Gasteiger partial charge on any atom is 0.0991 e. The Morgan fingerprint density at radius 3 is 2.33 bits per heavy atom. The van der Waals surface area contributed by atoms with Crippen molar-refractivity contribution in [2.75, 3.05) is 0 Å². The highest BCUT2D eigenvalue weighted by atomic mass is 14.7. The van der Waals surface area contributed by atoms with Gasteiger partial charge in [-0.05, 0) is 48.2 Å². The van der Waals surface area contributed by atoms with Gasteiger partial charge in [0, 0.05) is 6.21 Å². The van der Waals surface area contributed by atoms with Gasteiger partial charge in [0.25, 0.3) is 0 Å². The van der Waals surface area contributed by atoms with E-state index in [1.54, 1.807) is 12.1 Å². The molecule has 0 spiro atoms. The molecule has 0 fully saturated rings. The highest BCUT2D eigenvalue weighted by molar-refractivity contribution is 5.81. The van der Waals surface area contributed by atoms with Crippen molar-refractivity contribution in [3.63, 3.8) is 0 Å². The zero-order chi connectivity index (χ0) is 14.9. The van der Waals surface area contributed by atoms with Crippen LogP contribution in [-0.4, -0.2) is 6.21 Å². The third-order valence-corrected chi connectivity index (χ3v) is 3.41. The average molecular weight is 276 g/mol. The predicted molar refractivity (Wildman–Crippen MR) is 88.1 cm³/mol. The fraction of sp³-hybridized carbons (Fsp3) is 0.263. The largest absolute Gasteiger partial charge is 0.256 e. The standard InChI is InChI=1S/C19H20N2/c1-2-3-4-5-16-6-8-18(9-7-16)15-21-19-12-10-17(14-20)11-13-19/h6-13,15H,2-5H2,1H3/b21-15+. The summed E-state index contributed by atoms with van der Waals surface area (Å²) < 4.78 is 0. The number of hydrogen-bond donors (Lipinski definition) is 0. The number of hydrogen-bond acceptors (Lipinski definition) is 2. The van der Waals surface area contributed by atoms with Crippen LogP contribution in [0.4, 0.5) is 5.69 Å². The molecule has 2 heteroatoms. The van der Waals surface area contributed by atoms with Crippen LogP contribution in [0.2, 0.25) is 0 Å². The minimum atomic E-state index is 0.658. The summed E-state index contributed by atoms with van der Waals surface area (Å²) in [6.45, 7) is 2.22. The Hall–Kier alpha value is -2.40. The zero-order valence-corrected chi connectivity index (χ0v) is 12.4. The van der Waals surface area contributed by atoms with Crippen molar-refractivity contribution in [3.8, 4) is 6.07 Å². The van der Waals surface area contributed by atoms with E-state index in [4.69, 9.17) is 5.26 Å². The van der Waals surface area contributed by atoms with Crippen LogP contribution < -0.4 is 0 Å². The molecule has 106 valence electrons. The van der Waals surface area contributed by atoms with Gasteiger partial charge < -0.3 is 0 Å². The Morgan fingerprint density at radius 2 is 1.71 bits per heavy atom. The molecule has 0 saturated carbocycles. The molecular weight excluding hydrogens is 256 g/mol. The summed E-state index contributed by atoms with van der Waals surface area (Å²) in [7, 11) is 0. The van der Waals surface area contributed by atoms with Gasteiger partial charge in [-0.2, -0.15) is 5.26 Å². The van der Waals surface area contributed by atoms with Crippen LogP contribution in [0.3, 0.4) is 0 Å². The molecular formula is C19H20N2. The summed E-state index contributed by atoms with van der Waals surface area (Å²) in [6.07, 6.45) is 6.82. The molecule has 0 aromatic heterocycles. The van der Waals surface area contributed by atoms with Crippen molar-refractivity contribution >= 4 is 11.9 Å². The summed E-state index contributed by atoms with van der Waals surface area (Å²) in [5.74, 6) is 0. The lowest BCUT2D eigenvalue weighted by Crippen LogP contribution is -1.87. The Balaban J connectivity index is 1.95. The van der Waals surface area contributed by atoms with Gasteiger partial charge in [-0.3, -0.25) is 4.99 Å². The Morgan fingerprint density at radius 1 is 1.00 bits per heavy atom. The number of nitriles is 1. The van der Waals surface area contributed by atoms with Gasteiger partial charge in [0.05, 0.1) is 17.3 Å². The third-order valence-electron chi connectivity index (χ3n) is 3.41. The van der Waals surface area contributed by atoms with E-state index in [-0.39, 0.29) is 0 Å². The Bertz CT molecular complexity index is 616. The molecule has 0 aliphatic heterocycles. The third kappa shape index (κ3) is 4.89. The summed E-state index contributed by atoms with van der Waals surface area (Å²) in [6, 6.07) is 17.9. The topological polar surface area (TPSA) is 36.1 Å². The van der Waals surface area contributed by atoms with Crippen LogP contribution in [0.1, 0.15) is 42.9 Å². The van der Waals surface area contributed by atoms with Gasteiger partial charge in [0.15, 0.2) is 0 Å². The average Bonchev–Trinajstić information content (AvgIpc) is 2.55. The lowest BCUT2D eigenvalue weighted by molar-refractivity contribution is 0.717. The molecule has 0 atom stereocenters. The first-order valence-corrected chi connectivity index (χ1v) is 7.45. The van der Waals surface area contributed by atoms with E-state index in [0.29, 0.717) is 5.56 Å². The van der Waals surface area contributed by atoms with E-state index < -0.39 is 0 Å². The van der Waals surface area contributed by atoms with E-state index in [9.17, 15) is 0 Å². The lowest BCUT2D eigenvalue weighted by Gasteiger charge is -2.01. The number of unbranched alkanes of at least 4 members (excludes halogenated alkanes) is 2. The monoisotopic (exact) mass is 276 g/mol. The molecule has 2 rings (SSSR count). The predicted octanol–water partition coefficient (Wildman–Crippen LogP) is 5.04. The molecule has 21 heavy (non-hydrogen) atoms. The maximum absolute atomic E-state index is 8.75. The first-order valence-electron chi connectivity index (χ1n) is 7.45. The molecule has 0 N–H and O–H groups in total. The first kappa shape index (κ1) is 15.0. The van der Waals surface area contributed by atoms with E-state index in [0.717, 1.165) is 17.7 Å². The first-order chi connectivity index (χ1) is 10.3. The van der Waals surface area contributed by atoms with Gasteiger partial charge in [-0.1, -0.05) is 44.0 Å². The molecule has 0 heterocycles. The van der Waals surface area contributed by atoms with Crippen molar-refractivity contribution in [3.05, 3.63) is 65.2 Å². The van der Waals surface area contributed by atoms with E-state index >= 15 is 0 Å². The summed E-state index contributed by atoms with van der Waals surface area (Å²) in [5.41, 5.74) is 4.00. The van der Waals surface area contributed by atoms with Crippen molar-refractivity contribution < 1.29 is 0 Å². The van der Waals surface area contributed by atoms with Crippen LogP contribution in [-0.2, 0) is 6.42 Å². The number of nitrogens with zero attached hydrogens (tertiary/aromatic N) is 2. The minimum Gasteiger partial charge on any atom is -0.256 e. The van der Waals surface area contributed by atoms with Crippen LogP contribution in [0, 0.1) is 11.3 Å². The van der Waals surface area contributed by atoms with E-state index in [2.05, 4.69) is 42.3 Å². The Kier molecular flexibility index (Phi) is 5.72. The van der Waals surface area contributed by atoms with E-state index in [1.165, 1.54) is 24.8 Å². The summed E-state index contributed by atoms with van der Waals surface area (Å²) in [5, 5.41) is 8.75. The maximum atomic E-state index is 8.75. The number of aliphatic imine (C=N–C) groups is 1. The second kappa shape index (κ2) is 8.01. The normalized spacial score (nSPS) is 10.7. The second-order valence-corrected chi connectivity index (χ2v) is 5.12. The van der Waals surface area contributed by atoms with Crippen LogP contribution in [0.25, 0.3) is 0 Å². The number of benzene rings is 2. The highest BCUT2D eigenvalue weighted by Crippen LogP contribution is 2.13. The van der Waals surface area contributed by atoms with Gasteiger partial charge >= 0.3 is 0 Å². The minimum absolute atomic E-state index is 0.658. The Labute approximate surface area is 126 Å². The molecule has 2 aromatic carbocycles. The van der Waals surface area contributed by atoms with Gasteiger partial charge in [-0.15, -0.1) is 0 Å². The summed E-state index contributed by atoms with van der Waals surface area (Å²) >= 11 is 0. The molecule has 2 nitrogen and oxygen atoms in total. The number of rotatable bonds is 6. The SMILES string of the molecule is CCCCCc1ccc(/C=N/c2ccc(C#N)cc2)cc1. The summed E-state index contributed by atoms with van der Waals surface area (Å²) in [4.78, 5) is 4.42. The molecule has 0 radical (unpaired) electrons. The van der Waals surface area contributed by atoms with E-state index in [1.807, 2.05) is 18.3 Å². The van der Waals surface area contributed by atoms with Crippen molar-refractivity contribution in [1.29, 1.82) is 5.26 Å². The molecule has 0 amide bonds. The van der Waals surface area contributed by atoms with Crippen LogP contribution in [0.5, 0.6) is 0 Å². The molecule has 0 bridgehead atoms. The molecule has 0 aliphatic carbocycles. The van der Waals surface area contributed by atoms with Crippen LogP contribution in [0.15, 0.2) is 53.5 Å².